The average Bonchev–Trinajstić information content (AvgIpc) is 2.84. The molecule has 0 unspecified atom stereocenters. The lowest BCUT2D eigenvalue weighted by atomic mass is 10.0. The predicted molar refractivity (Wildman–Crippen MR) is 135 cm³/mol. The molecule has 0 aliphatic heterocycles. The van der Waals surface area contributed by atoms with Crippen molar-refractivity contribution in [1.82, 2.24) is 10.6 Å². The van der Waals surface area contributed by atoms with E-state index in [2.05, 4.69) is 15.5 Å². The van der Waals surface area contributed by atoms with Crippen molar-refractivity contribution in [2.45, 2.75) is 31.8 Å². The number of benzene rings is 2. The molecule has 2 aromatic carbocycles. The van der Waals surface area contributed by atoms with Crippen LogP contribution in [0.5, 0.6) is 0 Å². The maximum Gasteiger partial charge on any atom is 0.328 e. The molecule has 2 amide bonds. The van der Waals surface area contributed by atoms with Crippen molar-refractivity contribution in [1.29, 1.82) is 0 Å². The summed E-state index contributed by atoms with van der Waals surface area (Å²) >= 11 is 11.8. The van der Waals surface area contributed by atoms with Crippen molar-refractivity contribution in [2.24, 2.45) is 0 Å². The molecule has 0 saturated carbocycles. The minimum absolute atomic E-state index is 0.190. The Morgan fingerprint density at radius 1 is 0.941 bits per heavy atom. The number of nitrogens with one attached hydrogen (secondary N) is 2. The Balaban J connectivity index is 2.14. The first-order valence-electron chi connectivity index (χ1n) is 11.2. The second kappa shape index (κ2) is 15.2. The van der Waals surface area contributed by atoms with Crippen LogP contribution in [0, 0.1) is 0 Å². The van der Waals surface area contributed by atoms with Crippen molar-refractivity contribution in [3.63, 3.8) is 0 Å². The van der Waals surface area contributed by atoms with Gasteiger partial charge in [-0.1, -0.05) is 42.5 Å². The lowest BCUT2D eigenvalue weighted by Gasteiger charge is -2.24. The van der Waals surface area contributed by atoms with Crippen molar-refractivity contribution in [3.05, 3.63) is 65.7 Å². The Bertz CT molecular complexity index is 891. The largest absolute Gasteiger partial charge is 0.464 e. The third-order valence-electron chi connectivity index (χ3n) is 5.21. The molecular formula is C25H31Cl2N3O4. The number of nitrogens with zero attached hydrogens (tertiary/aromatic N) is 1. The number of hydrogen-bond acceptors (Lipinski definition) is 5. The number of amides is 2. The smallest absolute Gasteiger partial charge is 0.328 e. The molecule has 0 heterocycles. The summed E-state index contributed by atoms with van der Waals surface area (Å²) in [6.45, 7) is 3.24. The maximum absolute atomic E-state index is 13.0. The summed E-state index contributed by atoms with van der Waals surface area (Å²) in [4.78, 5) is 38.7. The Kier molecular flexibility index (Phi) is 12.3. The van der Waals surface area contributed by atoms with E-state index in [1.165, 1.54) is 0 Å². The molecular weight excluding hydrogens is 477 g/mol. The SMILES string of the molecule is CCOC(=O)[C@@H](Cc1ccc(N(CCCl)CCCl)cc1)NC(=O)[C@H](Cc1ccccc1)NC=O. The molecule has 0 saturated heterocycles. The van der Waals surface area contributed by atoms with Crippen LogP contribution in [0.2, 0.25) is 0 Å². The van der Waals surface area contributed by atoms with Crippen LogP contribution in [-0.2, 0) is 32.0 Å². The highest BCUT2D eigenvalue weighted by atomic mass is 35.5. The average molecular weight is 508 g/mol. The van der Waals surface area contributed by atoms with Gasteiger partial charge in [-0.15, -0.1) is 23.2 Å². The highest BCUT2D eigenvalue weighted by Gasteiger charge is 2.27. The molecule has 2 aromatic rings. The molecule has 7 nitrogen and oxygen atoms in total. The lowest BCUT2D eigenvalue weighted by molar-refractivity contribution is -0.147. The molecule has 0 aliphatic rings. The first kappa shape index (κ1) is 27.5. The Morgan fingerprint density at radius 3 is 2.09 bits per heavy atom. The molecule has 0 fully saturated rings. The summed E-state index contributed by atoms with van der Waals surface area (Å²) in [5, 5.41) is 5.30. The van der Waals surface area contributed by atoms with E-state index < -0.39 is 24.0 Å². The zero-order chi connectivity index (χ0) is 24.8. The number of rotatable bonds is 15. The number of carbonyl (C=O) groups excluding carboxylic acids is 3. The van der Waals surface area contributed by atoms with Gasteiger partial charge in [0, 0.05) is 43.4 Å². The molecule has 184 valence electrons. The van der Waals surface area contributed by atoms with Crippen LogP contribution in [0.25, 0.3) is 0 Å². The fourth-order valence-electron chi connectivity index (χ4n) is 3.52. The third-order valence-corrected chi connectivity index (χ3v) is 5.54. The number of anilines is 1. The standard InChI is InChI=1S/C25H31Cl2N3O4/c1-2-34-25(33)23(17-20-8-10-21(11-9-20)30(14-12-26)15-13-27)29-24(32)22(28-18-31)16-19-6-4-3-5-7-19/h3-11,18,22-23H,2,12-17H2,1H3,(H,28,31)(H,29,32)/t22-,23+/m0/s1. The van der Waals surface area contributed by atoms with Crippen LogP contribution in [0.4, 0.5) is 5.69 Å². The fraction of sp³-hybridized carbons (Fsp3) is 0.400. The Hall–Kier alpha value is -2.77. The minimum atomic E-state index is -0.896. The van der Waals surface area contributed by atoms with Crippen molar-refractivity contribution >= 4 is 47.2 Å². The second-order valence-corrected chi connectivity index (χ2v) is 8.33. The van der Waals surface area contributed by atoms with Crippen LogP contribution >= 0.6 is 23.2 Å². The molecule has 0 radical (unpaired) electrons. The first-order chi connectivity index (χ1) is 16.5. The number of halogens is 2. The molecule has 0 bridgehead atoms. The van der Waals surface area contributed by atoms with E-state index in [-0.39, 0.29) is 13.0 Å². The second-order valence-electron chi connectivity index (χ2n) is 7.58. The van der Waals surface area contributed by atoms with E-state index in [0.29, 0.717) is 37.7 Å². The van der Waals surface area contributed by atoms with Gasteiger partial charge in [-0.25, -0.2) is 4.79 Å². The van der Waals surface area contributed by atoms with Crippen LogP contribution in [0.3, 0.4) is 0 Å². The lowest BCUT2D eigenvalue weighted by Crippen LogP contribution is -2.52. The molecule has 34 heavy (non-hydrogen) atoms. The van der Waals surface area contributed by atoms with E-state index in [4.69, 9.17) is 27.9 Å². The van der Waals surface area contributed by atoms with E-state index in [9.17, 15) is 14.4 Å². The summed E-state index contributed by atoms with van der Waals surface area (Å²) in [5.74, 6) is -0.0280. The van der Waals surface area contributed by atoms with Gasteiger partial charge in [0.25, 0.3) is 0 Å². The van der Waals surface area contributed by atoms with Gasteiger partial charge in [0.1, 0.15) is 12.1 Å². The van der Waals surface area contributed by atoms with E-state index in [1.54, 1.807) is 6.92 Å². The Morgan fingerprint density at radius 2 is 1.53 bits per heavy atom. The molecule has 2 atom stereocenters. The summed E-state index contributed by atoms with van der Waals surface area (Å²) in [5.41, 5.74) is 2.71. The molecule has 0 spiro atoms. The number of esters is 1. The fourth-order valence-corrected chi connectivity index (χ4v) is 3.93. The third kappa shape index (κ3) is 8.88. The van der Waals surface area contributed by atoms with Gasteiger partial charge < -0.3 is 20.3 Å². The Labute approximate surface area is 210 Å². The minimum Gasteiger partial charge on any atom is -0.464 e. The van der Waals surface area contributed by atoms with Gasteiger partial charge in [-0.3, -0.25) is 9.59 Å². The zero-order valence-corrected chi connectivity index (χ0v) is 20.7. The summed E-state index contributed by atoms with van der Waals surface area (Å²) in [7, 11) is 0. The van der Waals surface area contributed by atoms with E-state index >= 15 is 0 Å². The topological polar surface area (TPSA) is 87.7 Å². The molecule has 9 heteroatoms. The number of carbonyl (C=O) groups is 3. The van der Waals surface area contributed by atoms with E-state index in [0.717, 1.165) is 16.8 Å². The van der Waals surface area contributed by atoms with Gasteiger partial charge in [-0.05, 0) is 30.2 Å². The normalized spacial score (nSPS) is 12.3. The van der Waals surface area contributed by atoms with Crippen LogP contribution in [0.15, 0.2) is 54.6 Å². The number of ether oxygens (including phenoxy) is 1. The maximum atomic E-state index is 13.0. The van der Waals surface area contributed by atoms with Gasteiger partial charge in [0.05, 0.1) is 6.61 Å². The highest BCUT2D eigenvalue weighted by Crippen LogP contribution is 2.17. The summed E-state index contributed by atoms with van der Waals surface area (Å²) in [6, 6.07) is 15.3. The molecule has 0 aliphatic carbocycles. The monoisotopic (exact) mass is 507 g/mol. The van der Waals surface area contributed by atoms with Gasteiger partial charge >= 0.3 is 5.97 Å². The zero-order valence-electron chi connectivity index (χ0n) is 19.2. The van der Waals surface area contributed by atoms with Crippen molar-refractivity contribution in [2.75, 3.05) is 36.4 Å². The van der Waals surface area contributed by atoms with Gasteiger partial charge in [0.2, 0.25) is 12.3 Å². The van der Waals surface area contributed by atoms with Crippen molar-refractivity contribution < 1.29 is 19.1 Å². The summed E-state index contributed by atoms with van der Waals surface area (Å²) in [6.07, 6.45) is 1.03. The molecule has 2 N–H and O–H groups in total. The molecule has 0 aromatic heterocycles. The first-order valence-corrected chi connectivity index (χ1v) is 12.3. The van der Waals surface area contributed by atoms with Gasteiger partial charge in [-0.2, -0.15) is 0 Å². The number of alkyl halides is 2. The quantitative estimate of drug-likeness (QED) is 0.220. The van der Waals surface area contributed by atoms with Crippen LogP contribution < -0.4 is 15.5 Å². The van der Waals surface area contributed by atoms with Gasteiger partial charge in [0.15, 0.2) is 0 Å². The van der Waals surface area contributed by atoms with Crippen LogP contribution in [-0.4, -0.2) is 61.8 Å². The summed E-state index contributed by atoms with van der Waals surface area (Å²) < 4.78 is 5.18. The molecule has 2 rings (SSSR count). The highest BCUT2D eigenvalue weighted by molar-refractivity contribution is 6.18. The number of hydrogen-bond donors (Lipinski definition) is 2. The van der Waals surface area contributed by atoms with E-state index in [1.807, 2.05) is 54.6 Å². The predicted octanol–water partition coefficient (Wildman–Crippen LogP) is 2.92. The van der Waals surface area contributed by atoms with Crippen molar-refractivity contribution in [3.8, 4) is 0 Å². The van der Waals surface area contributed by atoms with Crippen LogP contribution in [0.1, 0.15) is 18.1 Å².